The van der Waals surface area contributed by atoms with E-state index in [9.17, 15) is 32.9 Å². The first-order valence-electron chi connectivity index (χ1n) is 11.3. The van der Waals surface area contributed by atoms with Gasteiger partial charge >= 0.3 is 12.1 Å². The van der Waals surface area contributed by atoms with Gasteiger partial charge in [0.2, 0.25) is 6.10 Å². The Morgan fingerprint density at radius 3 is 2.29 bits per heavy atom. The van der Waals surface area contributed by atoms with Crippen molar-refractivity contribution in [2.45, 2.75) is 44.0 Å². The van der Waals surface area contributed by atoms with E-state index in [0.29, 0.717) is 11.6 Å². The second kappa shape index (κ2) is 9.93. The quantitative estimate of drug-likeness (QED) is 0.350. The summed E-state index contributed by atoms with van der Waals surface area (Å²) in [5, 5.41) is 14.3. The van der Waals surface area contributed by atoms with E-state index in [0.717, 1.165) is 25.0 Å². The van der Waals surface area contributed by atoms with Crippen LogP contribution in [0.25, 0.3) is 0 Å². The number of carbonyl (C=O) groups excluding carboxylic acids is 2. The van der Waals surface area contributed by atoms with Gasteiger partial charge in [-0.05, 0) is 37.8 Å². The van der Waals surface area contributed by atoms with E-state index in [4.69, 9.17) is 4.74 Å². The molecule has 2 aromatic carbocycles. The van der Waals surface area contributed by atoms with Gasteiger partial charge in [0.25, 0.3) is 11.6 Å². The number of halogens is 3. The highest BCUT2D eigenvalue weighted by molar-refractivity contribution is 5.86. The number of hydrogen-bond acceptors (Lipinski definition) is 6. The van der Waals surface area contributed by atoms with Gasteiger partial charge < -0.3 is 15.0 Å². The third-order valence-corrected chi connectivity index (χ3v) is 6.17. The molecule has 1 saturated heterocycles. The van der Waals surface area contributed by atoms with E-state index >= 15 is 0 Å². The van der Waals surface area contributed by atoms with Gasteiger partial charge in [-0.15, -0.1) is 0 Å². The first-order chi connectivity index (χ1) is 16.6. The highest BCUT2D eigenvalue weighted by atomic mass is 19.4. The zero-order chi connectivity index (χ0) is 25.2. The maximum atomic E-state index is 13.0. The molecule has 11 heteroatoms. The van der Waals surface area contributed by atoms with Crippen LogP contribution < -0.4 is 10.2 Å². The number of nitro benzene ring substituents is 1. The van der Waals surface area contributed by atoms with Crippen LogP contribution in [0.15, 0.2) is 48.5 Å². The monoisotopic (exact) mass is 491 g/mol. The molecule has 1 unspecified atom stereocenters. The van der Waals surface area contributed by atoms with Gasteiger partial charge in [-0.2, -0.15) is 13.2 Å². The van der Waals surface area contributed by atoms with Gasteiger partial charge in [0.15, 0.2) is 0 Å². The average Bonchev–Trinajstić information content (AvgIpc) is 3.66. The van der Waals surface area contributed by atoms with Gasteiger partial charge in [-0.3, -0.25) is 19.7 Å². The Bertz CT molecular complexity index is 1100. The number of rotatable bonds is 7. The van der Waals surface area contributed by atoms with Crippen LogP contribution in [0.1, 0.15) is 42.9 Å². The molecular weight excluding hydrogens is 467 g/mol. The lowest BCUT2D eigenvalue weighted by Crippen LogP contribution is -2.39. The molecule has 35 heavy (non-hydrogen) atoms. The summed E-state index contributed by atoms with van der Waals surface area (Å²) >= 11 is 0. The normalized spacial score (nSPS) is 17.5. The van der Waals surface area contributed by atoms with Crippen LogP contribution >= 0.6 is 0 Å². The predicted octanol–water partition coefficient (Wildman–Crippen LogP) is 4.39. The fourth-order valence-electron chi connectivity index (χ4n) is 4.09. The zero-order valence-electron chi connectivity index (χ0n) is 18.7. The lowest BCUT2D eigenvalue weighted by atomic mass is 9.96. The molecule has 0 aromatic heterocycles. The number of anilines is 1. The average molecular weight is 491 g/mol. The van der Waals surface area contributed by atoms with Crippen molar-refractivity contribution in [1.29, 1.82) is 0 Å². The molecule has 8 nitrogen and oxygen atoms in total. The van der Waals surface area contributed by atoms with Crippen LogP contribution in [0.2, 0.25) is 0 Å². The number of esters is 1. The number of nitrogens with zero attached hydrogens (tertiary/aromatic N) is 2. The Morgan fingerprint density at radius 1 is 1.06 bits per heavy atom. The van der Waals surface area contributed by atoms with Crippen molar-refractivity contribution >= 4 is 23.3 Å². The Morgan fingerprint density at radius 2 is 1.71 bits per heavy atom. The van der Waals surface area contributed by atoms with E-state index in [1.165, 1.54) is 0 Å². The summed E-state index contributed by atoms with van der Waals surface area (Å²) in [6.45, 7) is 0.437. The van der Waals surface area contributed by atoms with Gasteiger partial charge in [0.05, 0.1) is 16.4 Å². The highest BCUT2D eigenvalue weighted by Gasteiger charge is 2.36. The van der Waals surface area contributed by atoms with Crippen molar-refractivity contribution in [1.82, 2.24) is 5.32 Å². The lowest BCUT2D eigenvalue weighted by Gasteiger charge is -2.33. The number of alkyl halides is 3. The Hall–Kier alpha value is -3.63. The number of benzene rings is 2. The number of carbonyl (C=O) groups is 2. The Labute approximate surface area is 199 Å². The molecule has 1 aliphatic carbocycles. The standard InChI is InChI=1S/C24H24F3N3O5/c25-24(26,27)17-6-9-19(20(14-17)30(33)34)29-12-10-16(11-13-29)23(32)35-21(15-4-2-1-3-5-15)22(31)28-18-7-8-18/h1-6,9,14,16,18,21H,7-8,10-13H2,(H,28,31). The van der Waals surface area contributed by atoms with Crippen molar-refractivity contribution in [2.24, 2.45) is 5.92 Å². The number of amides is 1. The minimum absolute atomic E-state index is 0.0702. The topological polar surface area (TPSA) is 102 Å². The lowest BCUT2D eigenvalue weighted by molar-refractivity contribution is -0.384. The molecule has 2 fully saturated rings. The van der Waals surface area contributed by atoms with Crippen LogP contribution in [-0.4, -0.2) is 35.9 Å². The number of hydrogen-bond donors (Lipinski definition) is 1. The summed E-state index contributed by atoms with van der Waals surface area (Å²) in [6.07, 6.45) is -3.45. The second-order valence-electron chi connectivity index (χ2n) is 8.73. The fourth-order valence-corrected chi connectivity index (χ4v) is 4.09. The van der Waals surface area contributed by atoms with Gasteiger partial charge in [-0.25, -0.2) is 0 Å². The van der Waals surface area contributed by atoms with E-state index < -0.39 is 40.3 Å². The van der Waals surface area contributed by atoms with Crippen LogP contribution in [0, 0.1) is 16.0 Å². The predicted molar refractivity (Wildman–Crippen MR) is 119 cm³/mol. The number of nitro groups is 1. The first-order valence-corrected chi connectivity index (χ1v) is 11.3. The molecular formula is C24H24F3N3O5. The van der Waals surface area contributed by atoms with Crippen LogP contribution in [0.3, 0.4) is 0 Å². The van der Waals surface area contributed by atoms with Crippen LogP contribution in [-0.2, 0) is 20.5 Å². The molecule has 2 aromatic rings. The van der Waals surface area contributed by atoms with Crippen molar-refractivity contribution in [3.05, 3.63) is 69.8 Å². The second-order valence-corrected chi connectivity index (χ2v) is 8.73. The summed E-state index contributed by atoms with van der Waals surface area (Å²) in [7, 11) is 0. The molecule has 4 rings (SSSR count). The number of nitrogens with one attached hydrogen (secondary N) is 1. The van der Waals surface area contributed by atoms with E-state index in [2.05, 4.69) is 5.32 Å². The van der Waals surface area contributed by atoms with Crippen LogP contribution in [0.5, 0.6) is 0 Å². The maximum absolute atomic E-state index is 13.0. The minimum atomic E-state index is -4.69. The number of piperidine rings is 1. The molecule has 1 aliphatic heterocycles. The molecule has 1 amide bonds. The van der Waals surface area contributed by atoms with E-state index in [-0.39, 0.29) is 43.6 Å². The smallest absolute Gasteiger partial charge is 0.416 e. The summed E-state index contributed by atoms with van der Waals surface area (Å²) in [6, 6.07) is 11.2. The van der Waals surface area contributed by atoms with E-state index in [1.54, 1.807) is 35.2 Å². The van der Waals surface area contributed by atoms with Crippen molar-refractivity contribution < 1.29 is 32.4 Å². The van der Waals surface area contributed by atoms with Crippen LogP contribution in [0.4, 0.5) is 24.5 Å². The van der Waals surface area contributed by atoms with Gasteiger partial charge in [-0.1, -0.05) is 30.3 Å². The molecule has 0 spiro atoms. The van der Waals surface area contributed by atoms with Crippen molar-refractivity contribution in [3.63, 3.8) is 0 Å². The molecule has 1 N–H and O–H groups in total. The molecule has 0 radical (unpaired) electrons. The largest absolute Gasteiger partial charge is 0.447 e. The third kappa shape index (κ3) is 5.90. The van der Waals surface area contributed by atoms with Crippen molar-refractivity contribution in [3.8, 4) is 0 Å². The summed E-state index contributed by atoms with van der Waals surface area (Å²) in [5.74, 6) is -1.48. The fraction of sp³-hybridized carbons (Fsp3) is 0.417. The Kier molecular flexibility index (Phi) is 6.95. The summed E-state index contributed by atoms with van der Waals surface area (Å²) in [5.41, 5.74) is -1.11. The highest BCUT2D eigenvalue weighted by Crippen LogP contribution is 2.38. The SMILES string of the molecule is O=C(OC(C(=O)NC1CC1)c1ccccc1)C1CCN(c2ccc(C(F)(F)F)cc2[N+](=O)[O-])CC1. The number of ether oxygens (including phenoxy) is 1. The molecule has 186 valence electrons. The zero-order valence-corrected chi connectivity index (χ0v) is 18.7. The summed E-state index contributed by atoms with van der Waals surface area (Å²) < 4.78 is 44.6. The molecule has 1 heterocycles. The maximum Gasteiger partial charge on any atom is 0.416 e. The van der Waals surface area contributed by atoms with Crippen molar-refractivity contribution in [2.75, 3.05) is 18.0 Å². The minimum Gasteiger partial charge on any atom is -0.447 e. The van der Waals surface area contributed by atoms with Gasteiger partial charge in [0.1, 0.15) is 5.69 Å². The van der Waals surface area contributed by atoms with Gasteiger partial charge in [0, 0.05) is 30.8 Å². The molecule has 2 aliphatic rings. The molecule has 0 bridgehead atoms. The van der Waals surface area contributed by atoms with E-state index in [1.807, 2.05) is 0 Å². The molecule has 1 saturated carbocycles. The Balaban J connectivity index is 1.43. The molecule has 1 atom stereocenters. The summed E-state index contributed by atoms with van der Waals surface area (Å²) in [4.78, 5) is 37.8. The first kappa shape index (κ1) is 24.5. The third-order valence-electron chi connectivity index (χ3n) is 6.17.